The van der Waals surface area contributed by atoms with Crippen LogP contribution in [0.15, 0.2) is 42.5 Å². The molecule has 0 spiro atoms. The zero-order valence-corrected chi connectivity index (χ0v) is 9.86. The van der Waals surface area contributed by atoms with Gasteiger partial charge in [-0.3, -0.25) is 4.79 Å². The lowest BCUT2D eigenvalue weighted by atomic mass is 10.1. The first-order valence-electron chi connectivity index (χ1n) is 5.57. The molecule has 0 unspecified atom stereocenters. The number of hydrogen-bond donors (Lipinski definition) is 2. The maximum Gasteiger partial charge on any atom is 0.228 e. The number of hydrogen-bond acceptors (Lipinski definition) is 2. The maximum atomic E-state index is 13.3. The number of aromatic hydroxyl groups is 1. The lowest BCUT2D eigenvalue weighted by molar-refractivity contribution is -0.115. The molecule has 2 aromatic carbocycles. The summed E-state index contributed by atoms with van der Waals surface area (Å²) in [7, 11) is 0. The fourth-order valence-electron chi connectivity index (χ4n) is 1.64. The second kappa shape index (κ2) is 5.48. The predicted octanol–water partition coefficient (Wildman–Crippen LogP) is 2.85. The lowest BCUT2D eigenvalue weighted by Gasteiger charge is -2.06. The topological polar surface area (TPSA) is 49.3 Å². The van der Waals surface area contributed by atoms with Gasteiger partial charge in [-0.05, 0) is 29.8 Å². The number of halogens is 2. The van der Waals surface area contributed by atoms with Crippen LogP contribution in [-0.4, -0.2) is 11.0 Å². The monoisotopic (exact) mass is 263 g/mol. The van der Waals surface area contributed by atoms with Crippen LogP contribution < -0.4 is 5.32 Å². The quantitative estimate of drug-likeness (QED) is 0.894. The van der Waals surface area contributed by atoms with Crippen LogP contribution in [0.4, 0.5) is 14.5 Å². The molecule has 0 radical (unpaired) electrons. The molecule has 0 fully saturated rings. The number of nitrogens with one attached hydrogen (secondary N) is 1. The molecule has 1 amide bonds. The zero-order chi connectivity index (χ0) is 13.8. The Labute approximate surface area is 108 Å². The minimum atomic E-state index is -0.703. The number of phenolic OH excluding ortho intramolecular Hbond substituents is 1. The molecule has 0 bridgehead atoms. The van der Waals surface area contributed by atoms with E-state index in [-0.39, 0.29) is 17.9 Å². The van der Waals surface area contributed by atoms with E-state index in [1.54, 1.807) is 12.1 Å². The van der Waals surface area contributed by atoms with Crippen LogP contribution in [-0.2, 0) is 11.2 Å². The number of benzene rings is 2. The lowest BCUT2D eigenvalue weighted by Crippen LogP contribution is -2.15. The van der Waals surface area contributed by atoms with E-state index in [4.69, 9.17) is 0 Å². The predicted molar refractivity (Wildman–Crippen MR) is 66.8 cm³/mol. The molecule has 3 nitrogen and oxygen atoms in total. The molecule has 0 aliphatic carbocycles. The van der Waals surface area contributed by atoms with Gasteiger partial charge in [0.2, 0.25) is 5.91 Å². The van der Waals surface area contributed by atoms with Crippen LogP contribution in [0.2, 0.25) is 0 Å². The van der Waals surface area contributed by atoms with Crippen LogP contribution in [0.25, 0.3) is 0 Å². The summed E-state index contributed by atoms with van der Waals surface area (Å²) in [5, 5.41) is 11.5. The van der Waals surface area contributed by atoms with Gasteiger partial charge in [0.15, 0.2) is 0 Å². The molecule has 2 N–H and O–H groups in total. The Balaban J connectivity index is 2.07. The maximum absolute atomic E-state index is 13.3. The standard InChI is InChI=1S/C14H11F2NO2/c15-10-4-5-12(16)13(8-10)17-14(19)7-9-2-1-3-11(18)6-9/h1-6,8,18H,7H2,(H,17,19). The summed E-state index contributed by atoms with van der Waals surface area (Å²) in [6, 6.07) is 8.99. The van der Waals surface area contributed by atoms with E-state index in [2.05, 4.69) is 5.32 Å². The molecule has 0 saturated heterocycles. The van der Waals surface area contributed by atoms with Gasteiger partial charge in [0.1, 0.15) is 17.4 Å². The third kappa shape index (κ3) is 3.51. The van der Waals surface area contributed by atoms with Crippen molar-refractivity contribution in [2.24, 2.45) is 0 Å². The molecule has 0 aliphatic rings. The van der Waals surface area contributed by atoms with Crippen LogP contribution >= 0.6 is 0 Å². The fraction of sp³-hybridized carbons (Fsp3) is 0.0714. The summed E-state index contributed by atoms with van der Waals surface area (Å²) < 4.78 is 26.2. The highest BCUT2D eigenvalue weighted by Crippen LogP contribution is 2.16. The molecule has 0 heterocycles. The number of phenols is 1. The SMILES string of the molecule is O=C(Cc1cccc(O)c1)Nc1cc(F)ccc1F. The Hall–Kier alpha value is -2.43. The molecule has 98 valence electrons. The Kier molecular flexibility index (Phi) is 3.75. The van der Waals surface area contributed by atoms with E-state index in [0.29, 0.717) is 5.56 Å². The van der Waals surface area contributed by atoms with E-state index >= 15 is 0 Å². The van der Waals surface area contributed by atoms with Crippen molar-refractivity contribution < 1.29 is 18.7 Å². The van der Waals surface area contributed by atoms with Crippen molar-refractivity contribution in [1.82, 2.24) is 0 Å². The van der Waals surface area contributed by atoms with Crippen LogP contribution in [0.1, 0.15) is 5.56 Å². The Morgan fingerprint density at radius 2 is 1.95 bits per heavy atom. The van der Waals surface area contributed by atoms with Crippen LogP contribution in [0.5, 0.6) is 5.75 Å². The van der Waals surface area contributed by atoms with Crippen molar-refractivity contribution in [2.45, 2.75) is 6.42 Å². The molecule has 2 aromatic rings. The molecule has 0 saturated carbocycles. The van der Waals surface area contributed by atoms with Crippen molar-refractivity contribution in [3.05, 3.63) is 59.7 Å². The average molecular weight is 263 g/mol. The van der Waals surface area contributed by atoms with E-state index in [9.17, 15) is 18.7 Å². The summed E-state index contributed by atoms with van der Waals surface area (Å²) in [6.07, 6.45) is -0.0373. The smallest absolute Gasteiger partial charge is 0.228 e. The summed E-state index contributed by atoms with van der Waals surface area (Å²) in [4.78, 5) is 11.7. The first-order chi connectivity index (χ1) is 9.04. The minimum absolute atomic E-state index is 0.0373. The van der Waals surface area contributed by atoms with Gasteiger partial charge >= 0.3 is 0 Å². The largest absolute Gasteiger partial charge is 0.508 e. The zero-order valence-electron chi connectivity index (χ0n) is 9.86. The van der Waals surface area contributed by atoms with Gasteiger partial charge in [0, 0.05) is 6.07 Å². The van der Waals surface area contributed by atoms with Gasteiger partial charge in [0.25, 0.3) is 0 Å². The molecule has 0 aliphatic heterocycles. The summed E-state index contributed by atoms with van der Waals surface area (Å²) in [5.74, 6) is -1.78. The van der Waals surface area contributed by atoms with E-state index in [1.165, 1.54) is 12.1 Å². The van der Waals surface area contributed by atoms with Gasteiger partial charge < -0.3 is 10.4 Å². The second-order valence-electron chi connectivity index (χ2n) is 4.02. The summed E-state index contributed by atoms with van der Waals surface area (Å²) in [5.41, 5.74) is 0.375. The van der Waals surface area contributed by atoms with Crippen molar-refractivity contribution in [1.29, 1.82) is 0 Å². The van der Waals surface area contributed by atoms with Crippen molar-refractivity contribution in [3.63, 3.8) is 0 Å². The van der Waals surface area contributed by atoms with Crippen molar-refractivity contribution >= 4 is 11.6 Å². The normalized spacial score (nSPS) is 10.2. The van der Waals surface area contributed by atoms with E-state index in [1.807, 2.05) is 0 Å². The van der Waals surface area contributed by atoms with Crippen molar-refractivity contribution in [2.75, 3.05) is 5.32 Å². The van der Waals surface area contributed by atoms with Gasteiger partial charge in [-0.2, -0.15) is 0 Å². The highest BCUT2D eigenvalue weighted by molar-refractivity contribution is 5.92. The Morgan fingerprint density at radius 1 is 1.16 bits per heavy atom. The number of rotatable bonds is 3. The van der Waals surface area contributed by atoms with E-state index in [0.717, 1.165) is 18.2 Å². The first-order valence-corrected chi connectivity index (χ1v) is 5.57. The molecular formula is C14H11F2NO2. The highest BCUT2D eigenvalue weighted by atomic mass is 19.1. The number of anilines is 1. The van der Waals surface area contributed by atoms with Crippen LogP contribution in [0, 0.1) is 11.6 Å². The van der Waals surface area contributed by atoms with E-state index < -0.39 is 17.5 Å². The average Bonchev–Trinajstić information content (AvgIpc) is 2.34. The van der Waals surface area contributed by atoms with Gasteiger partial charge in [-0.1, -0.05) is 12.1 Å². The number of amides is 1. The second-order valence-corrected chi connectivity index (χ2v) is 4.02. The third-order valence-corrected chi connectivity index (χ3v) is 2.48. The van der Waals surface area contributed by atoms with Gasteiger partial charge in [-0.25, -0.2) is 8.78 Å². The molecular weight excluding hydrogens is 252 g/mol. The number of carbonyl (C=O) groups excluding carboxylic acids is 1. The van der Waals surface area contributed by atoms with Crippen LogP contribution in [0.3, 0.4) is 0 Å². The summed E-state index contributed by atoms with van der Waals surface area (Å²) in [6.45, 7) is 0. The van der Waals surface area contributed by atoms with Gasteiger partial charge in [0.05, 0.1) is 12.1 Å². The molecule has 19 heavy (non-hydrogen) atoms. The number of carbonyl (C=O) groups is 1. The third-order valence-electron chi connectivity index (χ3n) is 2.48. The van der Waals surface area contributed by atoms with Gasteiger partial charge in [-0.15, -0.1) is 0 Å². The minimum Gasteiger partial charge on any atom is -0.508 e. The first kappa shape index (κ1) is 13.0. The fourth-order valence-corrected chi connectivity index (χ4v) is 1.64. The van der Waals surface area contributed by atoms with Crippen molar-refractivity contribution in [3.8, 4) is 5.75 Å². The Bertz CT molecular complexity index is 614. The highest BCUT2D eigenvalue weighted by Gasteiger charge is 2.09. The molecule has 0 atom stereocenters. The summed E-state index contributed by atoms with van der Waals surface area (Å²) >= 11 is 0. The molecule has 2 rings (SSSR count). The Morgan fingerprint density at radius 3 is 2.68 bits per heavy atom. The molecule has 0 aromatic heterocycles. The molecule has 5 heteroatoms.